The Hall–Kier alpha value is -3.65. The van der Waals surface area contributed by atoms with Crippen LogP contribution in [-0.2, 0) is 4.74 Å². The van der Waals surface area contributed by atoms with Gasteiger partial charge in [0.25, 0.3) is 11.8 Å². The first-order valence-corrected chi connectivity index (χ1v) is 9.45. The van der Waals surface area contributed by atoms with E-state index in [2.05, 4.69) is 15.3 Å². The molecule has 0 atom stereocenters. The number of H-pyrrole nitrogens is 1. The van der Waals surface area contributed by atoms with E-state index in [1.165, 1.54) is 4.90 Å². The maximum Gasteiger partial charge on any atom is 0.257 e. The van der Waals surface area contributed by atoms with Gasteiger partial charge in [-0.05, 0) is 42.0 Å². The molecule has 1 aromatic heterocycles. The molecule has 0 spiro atoms. The van der Waals surface area contributed by atoms with Crippen LogP contribution in [0.15, 0.2) is 42.5 Å². The van der Waals surface area contributed by atoms with Crippen molar-refractivity contribution in [3.8, 4) is 5.75 Å². The second-order valence-corrected chi connectivity index (χ2v) is 7.10. The van der Waals surface area contributed by atoms with E-state index in [4.69, 9.17) is 9.47 Å². The summed E-state index contributed by atoms with van der Waals surface area (Å²) in [5, 5.41) is 2.78. The zero-order valence-corrected chi connectivity index (χ0v) is 17.0. The quantitative estimate of drug-likeness (QED) is 0.679. The third-order valence-electron chi connectivity index (χ3n) is 4.91. The molecule has 0 radical (unpaired) electrons. The van der Waals surface area contributed by atoms with Gasteiger partial charge in [0.15, 0.2) is 0 Å². The molecule has 0 bridgehead atoms. The first kappa shape index (κ1) is 19.7. The number of nitrogens with one attached hydrogen (secondary N) is 2. The van der Waals surface area contributed by atoms with E-state index in [1.54, 1.807) is 45.5 Å². The molecule has 8 heteroatoms. The van der Waals surface area contributed by atoms with Gasteiger partial charge in [-0.15, -0.1) is 0 Å². The average molecular weight is 406 g/mol. The minimum atomic E-state index is -0.332. The number of aromatic amines is 1. The number of methoxy groups -OCH3 is 1. The molecule has 0 aliphatic carbocycles. The van der Waals surface area contributed by atoms with Crippen molar-refractivity contribution in [2.45, 2.75) is 0 Å². The van der Waals surface area contributed by atoms with Gasteiger partial charge >= 0.3 is 0 Å². The lowest BCUT2D eigenvalue weighted by atomic mass is 10.1. The molecule has 2 heterocycles. The number of imidazole rings is 1. The van der Waals surface area contributed by atoms with Crippen LogP contribution in [0.2, 0.25) is 0 Å². The summed E-state index contributed by atoms with van der Waals surface area (Å²) in [5.74, 6) is 0.493. The molecule has 30 heavy (non-hydrogen) atoms. The van der Waals surface area contributed by atoms with Gasteiger partial charge in [-0.1, -0.05) is 6.08 Å². The molecular formula is C22H22N4O4. The number of aromatic nitrogens is 2. The van der Waals surface area contributed by atoms with Gasteiger partial charge in [0, 0.05) is 30.8 Å². The Morgan fingerprint density at radius 3 is 2.50 bits per heavy atom. The van der Waals surface area contributed by atoms with Crippen molar-refractivity contribution in [3.05, 3.63) is 59.2 Å². The van der Waals surface area contributed by atoms with Crippen molar-refractivity contribution in [1.82, 2.24) is 14.9 Å². The number of amides is 2. The van der Waals surface area contributed by atoms with E-state index in [0.717, 1.165) is 11.1 Å². The number of anilines is 1. The maximum absolute atomic E-state index is 12.7. The lowest BCUT2D eigenvalue weighted by Crippen LogP contribution is -2.21. The fraction of sp³-hybridized carbons (Fsp3) is 0.227. The summed E-state index contributed by atoms with van der Waals surface area (Å²) in [6.07, 6.45) is 2.02. The fourth-order valence-corrected chi connectivity index (χ4v) is 3.33. The number of carbonyl (C=O) groups excluding carboxylic acids is 2. The number of benzene rings is 2. The number of carbonyl (C=O) groups is 2. The van der Waals surface area contributed by atoms with Crippen molar-refractivity contribution in [3.63, 3.8) is 0 Å². The van der Waals surface area contributed by atoms with Gasteiger partial charge in [-0.3, -0.25) is 14.9 Å². The van der Waals surface area contributed by atoms with Crippen molar-refractivity contribution >= 4 is 34.4 Å². The van der Waals surface area contributed by atoms with Crippen LogP contribution in [0, 0.1) is 0 Å². The molecule has 3 aromatic rings. The highest BCUT2D eigenvalue weighted by atomic mass is 16.5. The van der Waals surface area contributed by atoms with Crippen LogP contribution in [0.3, 0.4) is 0 Å². The van der Waals surface area contributed by atoms with E-state index in [1.807, 2.05) is 18.2 Å². The van der Waals surface area contributed by atoms with E-state index in [0.29, 0.717) is 47.1 Å². The van der Waals surface area contributed by atoms with E-state index < -0.39 is 0 Å². The summed E-state index contributed by atoms with van der Waals surface area (Å²) in [6.45, 7) is 1.09. The molecule has 1 aliphatic heterocycles. The summed E-state index contributed by atoms with van der Waals surface area (Å²) < 4.78 is 10.9. The summed E-state index contributed by atoms with van der Waals surface area (Å²) >= 11 is 0. The van der Waals surface area contributed by atoms with Gasteiger partial charge < -0.3 is 19.4 Å². The van der Waals surface area contributed by atoms with E-state index in [9.17, 15) is 9.59 Å². The highest BCUT2D eigenvalue weighted by Gasteiger charge is 2.18. The van der Waals surface area contributed by atoms with Crippen LogP contribution in [0.4, 0.5) is 5.95 Å². The van der Waals surface area contributed by atoms with Gasteiger partial charge in [0.1, 0.15) is 16.8 Å². The summed E-state index contributed by atoms with van der Waals surface area (Å²) in [6, 6.07) is 10.3. The maximum atomic E-state index is 12.7. The Morgan fingerprint density at radius 1 is 1.13 bits per heavy atom. The van der Waals surface area contributed by atoms with E-state index in [-0.39, 0.29) is 11.8 Å². The molecule has 0 fully saturated rings. The highest BCUT2D eigenvalue weighted by Crippen LogP contribution is 2.33. The fourth-order valence-electron chi connectivity index (χ4n) is 3.33. The van der Waals surface area contributed by atoms with Crippen molar-refractivity contribution in [1.29, 1.82) is 0 Å². The Kier molecular flexibility index (Phi) is 5.24. The molecule has 0 saturated heterocycles. The van der Waals surface area contributed by atoms with Gasteiger partial charge in [0.2, 0.25) is 5.95 Å². The predicted octanol–water partition coefficient (Wildman–Crippen LogP) is 2.94. The van der Waals surface area contributed by atoms with Crippen LogP contribution in [0.1, 0.15) is 26.3 Å². The number of hydrogen-bond donors (Lipinski definition) is 2. The second-order valence-electron chi connectivity index (χ2n) is 7.10. The van der Waals surface area contributed by atoms with Crippen molar-refractivity contribution < 1.29 is 19.1 Å². The summed E-state index contributed by atoms with van der Waals surface area (Å²) in [7, 11) is 4.95. The minimum Gasteiger partial charge on any atom is -0.494 e. The van der Waals surface area contributed by atoms with Crippen LogP contribution < -0.4 is 10.1 Å². The number of nitrogens with zero attached hydrogens (tertiary/aromatic N) is 2. The molecule has 2 N–H and O–H groups in total. The number of hydrogen-bond acceptors (Lipinski definition) is 5. The normalized spacial score (nSPS) is 13.2. The molecule has 0 unspecified atom stereocenters. The van der Waals surface area contributed by atoms with Crippen molar-refractivity contribution in [2.24, 2.45) is 0 Å². The van der Waals surface area contributed by atoms with Crippen LogP contribution in [0.25, 0.3) is 16.6 Å². The molecule has 0 saturated carbocycles. The minimum absolute atomic E-state index is 0.121. The molecule has 1 aliphatic rings. The van der Waals surface area contributed by atoms with Gasteiger partial charge in [-0.25, -0.2) is 4.98 Å². The number of fused-ring (bicyclic) bond motifs is 1. The SMILES string of the molecule is COc1ccc(C2=CCOC2)c2nc(NC(=O)c3ccc(C(=O)N(C)C)cc3)[nH]c12. The Balaban J connectivity index is 1.61. The molecule has 154 valence electrons. The predicted molar refractivity (Wildman–Crippen MR) is 114 cm³/mol. The lowest BCUT2D eigenvalue weighted by molar-refractivity contribution is 0.0827. The standard InChI is InChI=1S/C22H22N4O4/c1-26(2)21(28)14-6-4-13(5-7-14)20(27)25-22-23-18-16(15-10-11-30-12-15)8-9-17(29-3)19(18)24-22/h4-10H,11-12H2,1-3H3,(H2,23,24,25,27). The molecule has 2 amide bonds. The molecule has 2 aromatic carbocycles. The average Bonchev–Trinajstić information content (AvgIpc) is 3.42. The van der Waals surface area contributed by atoms with Crippen LogP contribution in [-0.4, -0.2) is 61.1 Å². The van der Waals surface area contributed by atoms with Crippen LogP contribution in [0.5, 0.6) is 5.75 Å². The Bertz CT molecular complexity index is 1150. The second kappa shape index (κ2) is 8.00. The molecule has 8 nitrogen and oxygen atoms in total. The van der Waals surface area contributed by atoms with E-state index >= 15 is 0 Å². The number of rotatable bonds is 5. The van der Waals surface area contributed by atoms with Crippen LogP contribution >= 0.6 is 0 Å². The lowest BCUT2D eigenvalue weighted by Gasteiger charge is -2.10. The molecular weight excluding hydrogens is 384 g/mol. The first-order valence-electron chi connectivity index (χ1n) is 9.45. The Morgan fingerprint density at radius 2 is 1.87 bits per heavy atom. The van der Waals surface area contributed by atoms with Gasteiger partial charge in [-0.2, -0.15) is 0 Å². The smallest absolute Gasteiger partial charge is 0.257 e. The monoisotopic (exact) mass is 406 g/mol. The zero-order chi connectivity index (χ0) is 21.3. The summed E-state index contributed by atoms with van der Waals surface area (Å²) in [5.41, 5.74) is 4.32. The zero-order valence-electron chi connectivity index (χ0n) is 17.0. The third-order valence-corrected chi connectivity index (χ3v) is 4.91. The van der Waals surface area contributed by atoms with Crippen molar-refractivity contribution in [2.75, 3.05) is 39.7 Å². The topological polar surface area (TPSA) is 96.6 Å². The third kappa shape index (κ3) is 3.65. The number of ether oxygens (including phenoxy) is 2. The van der Waals surface area contributed by atoms with Gasteiger partial charge in [0.05, 0.1) is 20.3 Å². The Labute approximate surface area is 173 Å². The first-order chi connectivity index (χ1) is 14.5. The molecule has 4 rings (SSSR count). The largest absolute Gasteiger partial charge is 0.494 e. The highest BCUT2D eigenvalue weighted by molar-refractivity contribution is 6.05. The summed E-state index contributed by atoms with van der Waals surface area (Å²) in [4.78, 5) is 33.9.